The van der Waals surface area contributed by atoms with Gasteiger partial charge in [0, 0.05) is 12.1 Å². The normalized spacial score (nSPS) is 10.6. The van der Waals surface area contributed by atoms with Crippen molar-refractivity contribution in [3.05, 3.63) is 47.8 Å². The van der Waals surface area contributed by atoms with Crippen molar-refractivity contribution in [2.24, 2.45) is 0 Å². The zero-order valence-corrected chi connectivity index (χ0v) is 10.5. The maximum Gasteiger partial charge on any atom is 0.0827 e. The van der Waals surface area contributed by atoms with Gasteiger partial charge in [-0.15, -0.1) is 16.7 Å². The van der Waals surface area contributed by atoms with E-state index in [1.54, 1.807) is 0 Å². The predicted molar refractivity (Wildman–Crippen MR) is 69.2 cm³/mol. The van der Waals surface area contributed by atoms with Gasteiger partial charge < -0.3 is 0 Å². The van der Waals surface area contributed by atoms with Gasteiger partial charge in [-0.25, -0.2) is 4.68 Å². The van der Waals surface area contributed by atoms with Crippen molar-refractivity contribution in [2.45, 2.75) is 25.8 Å². The van der Waals surface area contributed by atoms with Crippen LogP contribution < -0.4 is 0 Å². The molecule has 0 aliphatic heterocycles. The van der Waals surface area contributed by atoms with Crippen molar-refractivity contribution in [3.63, 3.8) is 0 Å². The van der Waals surface area contributed by atoms with Crippen LogP contribution in [0.1, 0.15) is 24.1 Å². The van der Waals surface area contributed by atoms with Crippen molar-refractivity contribution >= 4 is 11.6 Å². The summed E-state index contributed by atoms with van der Waals surface area (Å²) in [6.07, 6.45) is 5.09. The van der Waals surface area contributed by atoms with E-state index >= 15 is 0 Å². The summed E-state index contributed by atoms with van der Waals surface area (Å²) in [6.45, 7) is 0.781. The Kier molecular flexibility index (Phi) is 4.56. The largest absolute Gasteiger partial charge is 0.248 e. The van der Waals surface area contributed by atoms with E-state index in [0.29, 0.717) is 0 Å². The van der Waals surface area contributed by atoms with Gasteiger partial charge in [-0.2, -0.15) is 0 Å². The number of unbranched alkanes of at least 4 members (excludes halogenated alkanes) is 1. The number of aryl methyl sites for hydroxylation is 1. The Hall–Kier alpha value is -1.35. The van der Waals surface area contributed by atoms with Gasteiger partial charge >= 0.3 is 0 Å². The first kappa shape index (κ1) is 12.1. The Bertz CT molecular complexity index is 439. The molecule has 17 heavy (non-hydrogen) atoms. The van der Waals surface area contributed by atoms with Crippen LogP contribution in [0.3, 0.4) is 0 Å². The van der Waals surface area contributed by atoms with Crippen LogP contribution in [0, 0.1) is 0 Å². The summed E-state index contributed by atoms with van der Waals surface area (Å²) in [4.78, 5) is 0. The summed E-state index contributed by atoms with van der Waals surface area (Å²) in [5, 5.41) is 8.28. The van der Waals surface area contributed by atoms with Crippen LogP contribution in [-0.4, -0.2) is 20.9 Å². The molecule has 3 nitrogen and oxygen atoms in total. The molecule has 0 aliphatic rings. The van der Waals surface area contributed by atoms with E-state index in [9.17, 15) is 0 Å². The fourth-order valence-corrected chi connectivity index (χ4v) is 1.89. The van der Waals surface area contributed by atoms with Gasteiger partial charge in [0.25, 0.3) is 0 Å². The van der Waals surface area contributed by atoms with Gasteiger partial charge in [-0.05, 0) is 24.8 Å². The highest BCUT2D eigenvalue weighted by Crippen LogP contribution is 2.05. The molecule has 1 aromatic carbocycles. The Morgan fingerprint density at radius 1 is 1.12 bits per heavy atom. The Labute approximate surface area is 106 Å². The molecule has 0 saturated carbocycles. The van der Waals surface area contributed by atoms with Crippen molar-refractivity contribution in [3.8, 4) is 0 Å². The molecule has 1 heterocycles. The number of nitrogens with zero attached hydrogens (tertiary/aromatic N) is 3. The molecule has 0 unspecified atom stereocenters. The Morgan fingerprint density at radius 3 is 2.71 bits per heavy atom. The first-order valence-corrected chi connectivity index (χ1v) is 6.41. The molecule has 0 saturated heterocycles. The second kappa shape index (κ2) is 6.40. The molecule has 0 spiro atoms. The van der Waals surface area contributed by atoms with Gasteiger partial charge in [0.05, 0.1) is 12.2 Å². The third kappa shape index (κ3) is 3.86. The lowest BCUT2D eigenvalue weighted by atomic mass is 10.2. The molecule has 0 atom stereocenters. The first-order chi connectivity index (χ1) is 8.38. The fourth-order valence-electron chi connectivity index (χ4n) is 1.70. The van der Waals surface area contributed by atoms with Crippen LogP contribution in [0.15, 0.2) is 36.5 Å². The number of alkyl halides is 1. The van der Waals surface area contributed by atoms with Gasteiger partial charge in [0.1, 0.15) is 0 Å². The molecule has 0 N–H and O–H groups in total. The van der Waals surface area contributed by atoms with E-state index in [-0.39, 0.29) is 0 Å². The molecule has 0 fully saturated rings. The zero-order valence-electron chi connectivity index (χ0n) is 9.72. The molecule has 0 radical (unpaired) electrons. The molecular weight excluding hydrogens is 234 g/mol. The van der Waals surface area contributed by atoms with Gasteiger partial charge in [0.15, 0.2) is 0 Å². The molecule has 0 aliphatic carbocycles. The Morgan fingerprint density at radius 2 is 1.94 bits per heavy atom. The maximum absolute atomic E-state index is 5.64. The quantitative estimate of drug-likeness (QED) is 0.582. The van der Waals surface area contributed by atoms with Gasteiger partial charge in [0.2, 0.25) is 0 Å². The minimum absolute atomic E-state index is 0.720. The van der Waals surface area contributed by atoms with E-state index < -0.39 is 0 Å². The SMILES string of the molecule is ClCCCCc1cn(Cc2ccccc2)nn1. The summed E-state index contributed by atoms with van der Waals surface area (Å²) in [6, 6.07) is 10.3. The second-order valence-electron chi connectivity index (χ2n) is 4.04. The van der Waals surface area contributed by atoms with E-state index in [0.717, 1.165) is 37.4 Å². The maximum atomic E-state index is 5.64. The summed E-state index contributed by atoms with van der Waals surface area (Å²) < 4.78 is 1.88. The molecule has 0 amide bonds. The fraction of sp³-hybridized carbons (Fsp3) is 0.385. The van der Waals surface area contributed by atoms with Crippen molar-refractivity contribution in [1.82, 2.24) is 15.0 Å². The predicted octanol–water partition coefficient (Wildman–Crippen LogP) is 2.89. The van der Waals surface area contributed by atoms with E-state index in [4.69, 9.17) is 11.6 Å². The number of hydrogen-bond acceptors (Lipinski definition) is 2. The minimum atomic E-state index is 0.720. The number of aromatic nitrogens is 3. The lowest BCUT2D eigenvalue weighted by Crippen LogP contribution is -1.99. The van der Waals surface area contributed by atoms with E-state index in [1.807, 2.05) is 29.1 Å². The zero-order chi connectivity index (χ0) is 11.9. The van der Waals surface area contributed by atoms with Gasteiger partial charge in [-0.3, -0.25) is 0 Å². The average molecular weight is 250 g/mol. The van der Waals surface area contributed by atoms with Gasteiger partial charge in [-0.1, -0.05) is 35.5 Å². The molecule has 90 valence electrons. The second-order valence-corrected chi connectivity index (χ2v) is 4.42. The van der Waals surface area contributed by atoms with Crippen molar-refractivity contribution in [1.29, 1.82) is 0 Å². The number of rotatable bonds is 6. The molecule has 4 heteroatoms. The molecule has 1 aromatic heterocycles. The van der Waals surface area contributed by atoms with Crippen LogP contribution in [0.25, 0.3) is 0 Å². The highest BCUT2D eigenvalue weighted by atomic mass is 35.5. The summed E-state index contributed by atoms with van der Waals surface area (Å²) >= 11 is 5.64. The summed E-state index contributed by atoms with van der Waals surface area (Å²) in [5.41, 5.74) is 2.29. The minimum Gasteiger partial charge on any atom is -0.248 e. The lowest BCUT2D eigenvalue weighted by Gasteiger charge is -1.99. The highest BCUT2D eigenvalue weighted by Gasteiger charge is 2.01. The number of halogens is 1. The smallest absolute Gasteiger partial charge is 0.0827 e. The standard InChI is InChI=1S/C13H16ClN3/c14-9-5-4-8-13-11-17(16-15-13)10-12-6-2-1-3-7-12/h1-3,6-7,11H,4-5,8-10H2. The van der Waals surface area contributed by atoms with Crippen LogP contribution in [0.5, 0.6) is 0 Å². The van der Waals surface area contributed by atoms with E-state index in [1.165, 1.54) is 5.56 Å². The van der Waals surface area contributed by atoms with Crippen LogP contribution >= 0.6 is 11.6 Å². The van der Waals surface area contributed by atoms with Crippen LogP contribution in [-0.2, 0) is 13.0 Å². The molecular formula is C13H16ClN3. The highest BCUT2D eigenvalue weighted by molar-refractivity contribution is 6.17. The third-order valence-electron chi connectivity index (χ3n) is 2.59. The summed E-state index contributed by atoms with van der Waals surface area (Å²) in [7, 11) is 0. The van der Waals surface area contributed by atoms with E-state index in [2.05, 4.69) is 22.4 Å². The average Bonchev–Trinajstić information content (AvgIpc) is 2.79. The number of benzene rings is 1. The van der Waals surface area contributed by atoms with Crippen LogP contribution in [0.2, 0.25) is 0 Å². The third-order valence-corrected chi connectivity index (χ3v) is 2.86. The molecule has 2 aromatic rings. The summed E-state index contributed by atoms with van der Waals surface area (Å²) in [5.74, 6) is 0.720. The van der Waals surface area contributed by atoms with Crippen LogP contribution in [0.4, 0.5) is 0 Å². The lowest BCUT2D eigenvalue weighted by molar-refractivity contribution is 0.649. The Balaban J connectivity index is 1.90. The molecule has 0 bridgehead atoms. The number of hydrogen-bond donors (Lipinski definition) is 0. The monoisotopic (exact) mass is 249 g/mol. The topological polar surface area (TPSA) is 30.7 Å². The first-order valence-electron chi connectivity index (χ1n) is 5.87. The molecule has 2 rings (SSSR count). The van der Waals surface area contributed by atoms with Crippen molar-refractivity contribution in [2.75, 3.05) is 5.88 Å². The van der Waals surface area contributed by atoms with Crippen molar-refractivity contribution < 1.29 is 0 Å².